The zero-order valence-electron chi connectivity index (χ0n) is 10.6. The molecule has 0 bridgehead atoms. The summed E-state index contributed by atoms with van der Waals surface area (Å²) in [6, 6.07) is 2.99. The third kappa shape index (κ3) is 2.98. The van der Waals surface area contributed by atoms with Crippen molar-refractivity contribution in [2.75, 3.05) is 0 Å². The van der Waals surface area contributed by atoms with Crippen LogP contribution >= 0.6 is 0 Å². The summed E-state index contributed by atoms with van der Waals surface area (Å²) in [6.07, 6.45) is 1.36. The van der Waals surface area contributed by atoms with Gasteiger partial charge in [0.15, 0.2) is 0 Å². The average molecular weight is 269 g/mol. The van der Waals surface area contributed by atoms with Crippen molar-refractivity contribution in [2.45, 2.75) is 26.4 Å². The molecule has 0 fully saturated rings. The fraction of sp³-hybridized carbons (Fsp3) is 0.286. The van der Waals surface area contributed by atoms with Gasteiger partial charge in [0.1, 0.15) is 23.2 Å². The molecule has 19 heavy (non-hydrogen) atoms. The molecule has 0 aliphatic heterocycles. The van der Waals surface area contributed by atoms with Crippen LogP contribution in [0.15, 0.2) is 28.9 Å². The van der Waals surface area contributed by atoms with Crippen LogP contribution < -0.4 is 5.32 Å². The van der Waals surface area contributed by atoms with Gasteiger partial charge >= 0.3 is 0 Å². The Hall–Kier alpha value is -1.75. The van der Waals surface area contributed by atoms with Gasteiger partial charge in [0, 0.05) is 23.7 Å². The molecule has 2 rings (SSSR count). The summed E-state index contributed by atoms with van der Waals surface area (Å²) in [5.74, 6) is -2.41. The number of hydrogen-bond acceptors (Lipinski definition) is 2. The quantitative estimate of drug-likeness (QED) is 0.911. The highest BCUT2D eigenvalue weighted by molar-refractivity contribution is 5.66. The Bertz CT molecular complexity index is 555. The predicted molar refractivity (Wildman–Crippen MR) is 66.0 cm³/mol. The number of hydrogen-bond donors (Lipinski definition) is 1. The molecule has 0 spiro atoms. The maximum atomic E-state index is 13.7. The Morgan fingerprint density at radius 1 is 1.16 bits per heavy atom. The van der Waals surface area contributed by atoms with E-state index >= 15 is 0 Å². The summed E-state index contributed by atoms with van der Waals surface area (Å²) in [7, 11) is 0. The van der Waals surface area contributed by atoms with Crippen molar-refractivity contribution in [3.05, 3.63) is 47.7 Å². The van der Waals surface area contributed by atoms with Crippen LogP contribution in [0.3, 0.4) is 0 Å². The first-order valence-corrected chi connectivity index (χ1v) is 5.93. The van der Waals surface area contributed by atoms with Gasteiger partial charge in [-0.2, -0.15) is 0 Å². The molecule has 0 radical (unpaired) electrons. The Morgan fingerprint density at radius 3 is 2.37 bits per heavy atom. The van der Waals surface area contributed by atoms with E-state index in [2.05, 4.69) is 5.32 Å². The summed E-state index contributed by atoms with van der Waals surface area (Å²) in [5.41, 5.74) is 0.0267. The van der Waals surface area contributed by atoms with Gasteiger partial charge in [0.05, 0.1) is 18.4 Å². The normalized spacial score (nSPS) is 11.3. The molecule has 0 amide bonds. The molecule has 1 N–H and O–H groups in total. The molecular formula is C14H14F3NO. The lowest BCUT2D eigenvalue weighted by molar-refractivity contribution is 0.465. The molecule has 0 atom stereocenters. The molecule has 1 heterocycles. The first-order valence-electron chi connectivity index (χ1n) is 5.93. The average Bonchev–Trinajstić information content (AvgIpc) is 2.73. The van der Waals surface area contributed by atoms with Crippen molar-refractivity contribution in [1.29, 1.82) is 0 Å². The van der Waals surface area contributed by atoms with Crippen LogP contribution in [-0.4, -0.2) is 6.04 Å². The van der Waals surface area contributed by atoms with Crippen LogP contribution in [0.4, 0.5) is 13.2 Å². The first kappa shape index (κ1) is 13.7. The monoisotopic (exact) mass is 269 g/mol. The highest BCUT2D eigenvalue weighted by Gasteiger charge is 2.18. The Labute approximate surface area is 109 Å². The summed E-state index contributed by atoms with van der Waals surface area (Å²) < 4.78 is 45.5. The van der Waals surface area contributed by atoms with Gasteiger partial charge in [0.25, 0.3) is 0 Å². The van der Waals surface area contributed by atoms with E-state index in [0.29, 0.717) is 30.0 Å². The van der Waals surface area contributed by atoms with Crippen molar-refractivity contribution in [3.8, 4) is 11.1 Å². The minimum absolute atomic E-state index is 0.209. The van der Waals surface area contributed by atoms with Gasteiger partial charge in [-0.1, -0.05) is 13.8 Å². The van der Waals surface area contributed by atoms with E-state index < -0.39 is 17.5 Å². The van der Waals surface area contributed by atoms with Crippen molar-refractivity contribution < 1.29 is 17.6 Å². The lowest BCUT2D eigenvalue weighted by Gasteiger charge is -2.09. The van der Waals surface area contributed by atoms with E-state index in [1.165, 1.54) is 12.3 Å². The van der Waals surface area contributed by atoms with E-state index in [9.17, 15) is 13.2 Å². The van der Waals surface area contributed by atoms with Crippen molar-refractivity contribution in [3.63, 3.8) is 0 Å². The smallest absolute Gasteiger partial charge is 0.137 e. The van der Waals surface area contributed by atoms with E-state index in [0.717, 1.165) is 0 Å². The van der Waals surface area contributed by atoms with Crippen molar-refractivity contribution >= 4 is 0 Å². The second-order valence-corrected chi connectivity index (χ2v) is 4.54. The second-order valence-electron chi connectivity index (χ2n) is 4.54. The van der Waals surface area contributed by atoms with E-state index in [1.54, 1.807) is 0 Å². The topological polar surface area (TPSA) is 25.2 Å². The number of rotatable bonds is 4. The molecule has 102 valence electrons. The zero-order valence-corrected chi connectivity index (χ0v) is 10.6. The third-order valence-electron chi connectivity index (χ3n) is 2.69. The maximum Gasteiger partial charge on any atom is 0.137 e. The SMILES string of the molecule is CC(C)NCc1occc1-c1c(F)cc(F)cc1F. The van der Waals surface area contributed by atoms with E-state index in [4.69, 9.17) is 4.42 Å². The fourth-order valence-electron chi connectivity index (χ4n) is 1.80. The fourth-order valence-corrected chi connectivity index (χ4v) is 1.80. The zero-order chi connectivity index (χ0) is 14.0. The van der Waals surface area contributed by atoms with E-state index in [-0.39, 0.29) is 11.6 Å². The minimum Gasteiger partial charge on any atom is -0.467 e. The van der Waals surface area contributed by atoms with Crippen LogP contribution in [-0.2, 0) is 6.54 Å². The maximum absolute atomic E-state index is 13.7. The molecule has 0 saturated heterocycles. The van der Waals surface area contributed by atoms with Gasteiger partial charge in [-0.3, -0.25) is 0 Å². The first-order chi connectivity index (χ1) is 8.99. The number of halogens is 3. The van der Waals surface area contributed by atoms with Gasteiger partial charge < -0.3 is 9.73 Å². The standard InChI is InChI=1S/C14H14F3NO/c1-8(2)18-7-13-10(3-4-19-13)14-11(16)5-9(15)6-12(14)17/h3-6,8,18H,7H2,1-2H3. The molecule has 1 aromatic carbocycles. The van der Waals surface area contributed by atoms with Crippen molar-refractivity contribution in [1.82, 2.24) is 5.32 Å². The van der Waals surface area contributed by atoms with Crippen LogP contribution in [0, 0.1) is 17.5 Å². The van der Waals surface area contributed by atoms with Crippen LogP contribution in [0.25, 0.3) is 11.1 Å². The van der Waals surface area contributed by atoms with Gasteiger partial charge in [-0.05, 0) is 6.07 Å². The molecule has 0 aliphatic carbocycles. The number of furan rings is 1. The Balaban J connectivity index is 2.40. The summed E-state index contributed by atoms with van der Waals surface area (Å²) in [6.45, 7) is 4.24. The Kier molecular flexibility index (Phi) is 3.95. The molecule has 0 aliphatic rings. The van der Waals surface area contributed by atoms with Crippen molar-refractivity contribution in [2.24, 2.45) is 0 Å². The van der Waals surface area contributed by atoms with Crippen LogP contribution in [0.5, 0.6) is 0 Å². The molecule has 2 aromatic rings. The number of benzene rings is 1. The molecule has 1 aromatic heterocycles. The lowest BCUT2D eigenvalue weighted by Crippen LogP contribution is -2.21. The van der Waals surface area contributed by atoms with Gasteiger partial charge in [-0.25, -0.2) is 13.2 Å². The summed E-state index contributed by atoms with van der Waals surface area (Å²) in [4.78, 5) is 0. The van der Waals surface area contributed by atoms with Gasteiger partial charge in [-0.15, -0.1) is 0 Å². The summed E-state index contributed by atoms with van der Waals surface area (Å²) >= 11 is 0. The van der Waals surface area contributed by atoms with Crippen LogP contribution in [0.1, 0.15) is 19.6 Å². The predicted octanol–water partition coefficient (Wildman–Crippen LogP) is 3.86. The van der Waals surface area contributed by atoms with Crippen LogP contribution in [0.2, 0.25) is 0 Å². The molecule has 2 nitrogen and oxygen atoms in total. The number of nitrogens with one attached hydrogen (secondary N) is 1. The third-order valence-corrected chi connectivity index (χ3v) is 2.69. The highest BCUT2D eigenvalue weighted by atomic mass is 19.1. The summed E-state index contributed by atoms with van der Waals surface area (Å²) in [5, 5.41) is 3.10. The molecular weight excluding hydrogens is 255 g/mol. The molecule has 0 unspecified atom stereocenters. The van der Waals surface area contributed by atoms with E-state index in [1.807, 2.05) is 13.8 Å². The second kappa shape index (κ2) is 5.48. The van der Waals surface area contributed by atoms with Gasteiger partial charge in [0.2, 0.25) is 0 Å². The minimum atomic E-state index is -0.941. The molecule has 0 saturated carbocycles. The largest absolute Gasteiger partial charge is 0.467 e. The Morgan fingerprint density at radius 2 is 1.79 bits per heavy atom. The highest BCUT2D eigenvalue weighted by Crippen LogP contribution is 2.30. The molecule has 5 heteroatoms. The lowest BCUT2D eigenvalue weighted by atomic mass is 10.0.